The molecule has 0 bridgehead atoms. The normalized spacial score (nSPS) is 16.8. The molecular weight excluding hydrogens is 258 g/mol. The molecule has 2 rings (SSSR count). The van der Waals surface area contributed by atoms with Crippen molar-refractivity contribution in [2.75, 3.05) is 6.54 Å². The van der Waals surface area contributed by atoms with Crippen LogP contribution in [-0.4, -0.2) is 22.4 Å². The summed E-state index contributed by atoms with van der Waals surface area (Å²) in [7, 11) is 0. The number of aryl methyl sites for hydroxylation is 2. The van der Waals surface area contributed by atoms with E-state index in [1.165, 1.54) is 31.4 Å². The van der Waals surface area contributed by atoms with Crippen molar-refractivity contribution in [2.24, 2.45) is 5.92 Å². The molecule has 1 saturated carbocycles. The molecule has 1 heterocycles. The zero-order chi connectivity index (χ0) is 13.8. The Hall–Kier alpha value is -0.540. The summed E-state index contributed by atoms with van der Waals surface area (Å²) >= 11 is 6.41. The van der Waals surface area contributed by atoms with Crippen molar-refractivity contribution in [3.8, 4) is 0 Å². The standard InChI is InChI=1S/C15H26ClN3/c1-4-8-17-13(9-12-6-7-12)10-14-15(16)11(3)18-19(14)5-2/h12-13,17H,4-10H2,1-3H3. The molecular formula is C15H26ClN3. The number of nitrogens with one attached hydrogen (secondary N) is 1. The van der Waals surface area contributed by atoms with Gasteiger partial charge in [-0.1, -0.05) is 31.4 Å². The number of hydrogen-bond donors (Lipinski definition) is 1. The molecule has 1 atom stereocenters. The minimum absolute atomic E-state index is 0.548. The van der Waals surface area contributed by atoms with Gasteiger partial charge in [-0.3, -0.25) is 4.68 Å². The third-order valence-electron chi connectivity index (χ3n) is 3.89. The van der Waals surface area contributed by atoms with Crippen LogP contribution in [0, 0.1) is 12.8 Å². The number of aromatic nitrogens is 2. The van der Waals surface area contributed by atoms with Crippen LogP contribution in [0.1, 0.15) is 50.9 Å². The third-order valence-corrected chi connectivity index (χ3v) is 4.38. The molecule has 1 aromatic heterocycles. The second-order valence-electron chi connectivity index (χ2n) is 5.70. The number of nitrogens with zero attached hydrogens (tertiary/aromatic N) is 2. The van der Waals surface area contributed by atoms with Gasteiger partial charge in [-0.25, -0.2) is 0 Å². The predicted molar refractivity (Wildman–Crippen MR) is 80.8 cm³/mol. The molecule has 1 aliphatic carbocycles. The zero-order valence-electron chi connectivity index (χ0n) is 12.4. The predicted octanol–water partition coefficient (Wildman–Crippen LogP) is 3.58. The summed E-state index contributed by atoms with van der Waals surface area (Å²) in [5.74, 6) is 0.937. The summed E-state index contributed by atoms with van der Waals surface area (Å²) in [5, 5.41) is 9.05. The van der Waals surface area contributed by atoms with Crippen molar-refractivity contribution in [2.45, 2.75) is 65.5 Å². The third kappa shape index (κ3) is 3.96. The molecule has 19 heavy (non-hydrogen) atoms. The van der Waals surface area contributed by atoms with E-state index < -0.39 is 0 Å². The van der Waals surface area contributed by atoms with E-state index in [4.69, 9.17) is 11.6 Å². The average Bonchev–Trinajstić information content (AvgIpc) is 3.17. The Morgan fingerprint density at radius 2 is 2.16 bits per heavy atom. The van der Waals surface area contributed by atoms with Gasteiger partial charge in [-0.2, -0.15) is 5.10 Å². The summed E-state index contributed by atoms with van der Waals surface area (Å²) in [5.41, 5.74) is 2.16. The summed E-state index contributed by atoms with van der Waals surface area (Å²) in [6, 6.07) is 0.548. The fraction of sp³-hybridized carbons (Fsp3) is 0.800. The summed E-state index contributed by atoms with van der Waals surface area (Å²) in [6.07, 6.45) is 6.28. The van der Waals surface area contributed by atoms with Crippen LogP contribution >= 0.6 is 11.6 Å². The van der Waals surface area contributed by atoms with E-state index in [2.05, 4.69) is 28.9 Å². The average molecular weight is 284 g/mol. The monoisotopic (exact) mass is 283 g/mol. The van der Waals surface area contributed by atoms with Gasteiger partial charge in [0, 0.05) is 19.0 Å². The SMILES string of the molecule is CCCNC(Cc1c(Cl)c(C)nn1CC)CC1CC1. The second-order valence-corrected chi connectivity index (χ2v) is 6.07. The lowest BCUT2D eigenvalue weighted by molar-refractivity contribution is 0.441. The van der Waals surface area contributed by atoms with Crippen LogP contribution < -0.4 is 5.32 Å². The molecule has 4 heteroatoms. The zero-order valence-corrected chi connectivity index (χ0v) is 13.1. The molecule has 1 aromatic rings. The lowest BCUT2D eigenvalue weighted by atomic mass is 10.0. The Kier molecular flexibility index (Phi) is 5.28. The first-order chi connectivity index (χ1) is 9.15. The van der Waals surface area contributed by atoms with Crippen LogP contribution in [0.4, 0.5) is 0 Å². The molecule has 1 aliphatic rings. The van der Waals surface area contributed by atoms with Crippen LogP contribution in [0.2, 0.25) is 5.02 Å². The van der Waals surface area contributed by atoms with Gasteiger partial charge in [-0.05, 0) is 39.2 Å². The van der Waals surface area contributed by atoms with Gasteiger partial charge in [0.2, 0.25) is 0 Å². The van der Waals surface area contributed by atoms with Gasteiger partial charge in [0.25, 0.3) is 0 Å². The molecule has 108 valence electrons. The first kappa shape index (κ1) is 14.9. The highest BCUT2D eigenvalue weighted by Gasteiger charge is 2.26. The van der Waals surface area contributed by atoms with E-state index in [1.54, 1.807) is 0 Å². The maximum Gasteiger partial charge on any atom is 0.0847 e. The van der Waals surface area contributed by atoms with Crippen molar-refractivity contribution < 1.29 is 0 Å². The molecule has 1 unspecified atom stereocenters. The van der Waals surface area contributed by atoms with Gasteiger partial charge in [0.1, 0.15) is 0 Å². The van der Waals surface area contributed by atoms with Crippen molar-refractivity contribution in [1.82, 2.24) is 15.1 Å². The van der Waals surface area contributed by atoms with Gasteiger partial charge < -0.3 is 5.32 Å². The van der Waals surface area contributed by atoms with Crippen LogP contribution in [0.5, 0.6) is 0 Å². The molecule has 1 N–H and O–H groups in total. The maximum atomic E-state index is 6.41. The van der Waals surface area contributed by atoms with E-state index in [-0.39, 0.29) is 0 Å². The summed E-state index contributed by atoms with van der Waals surface area (Å²) in [6.45, 7) is 8.32. The van der Waals surface area contributed by atoms with Crippen LogP contribution in [0.3, 0.4) is 0 Å². The Morgan fingerprint density at radius 3 is 2.74 bits per heavy atom. The fourth-order valence-electron chi connectivity index (χ4n) is 2.64. The molecule has 0 saturated heterocycles. The summed E-state index contributed by atoms with van der Waals surface area (Å²) < 4.78 is 2.06. The van der Waals surface area contributed by atoms with Gasteiger partial charge in [-0.15, -0.1) is 0 Å². The molecule has 0 aliphatic heterocycles. The van der Waals surface area contributed by atoms with Gasteiger partial charge in [0.15, 0.2) is 0 Å². The number of hydrogen-bond acceptors (Lipinski definition) is 2. The minimum Gasteiger partial charge on any atom is -0.314 e. The van der Waals surface area contributed by atoms with Gasteiger partial charge >= 0.3 is 0 Å². The van der Waals surface area contributed by atoms with E-state index in [0.29, 0.717) is 6.04 Å². The lowest BCUT2D eigenvalue weighted by Crippen LogP contribution is -2.33. The van der Waals surface area contributed by atoms with Crippen molar-refractivity contribution in [1.29, 1.82) is 0 Å². The maximum absolute atomic E-state index is 6.41. The van der Waals surface area contributed by atoms with Gasteiger partial charge in [0.05, 0.1) is 16.4 Å². The van der Waals surface area contributed by atoms with Crippen LogP contribution in [0.25, 0.3) is 0 Å². The highest BCUT2D eigenvalue weighted by molar-refractivity contribution is 6.31. The Labute approximate surface area is 121 Å². The highest BCUT2D eigenvalue weighted by atomic mass is 35.5. The van der Waals surface area contributed by atoms with E-state index in [1.807, 2.05) is 6.92 Å². The quantitative estimate of drug-likeness (QED) is 0.790. The first-order valence-corrected chi connectivity index (χ1v) is 7.98. The minimum atomic E-state index is 0.548. The molecule has 1 fully saturated rings. The molecule has 0 spiro atoms. The van der Waals surface area contributed by atoms with E-state index in [0.717, 1.165) is 36.1 Å². The number of halogens is 1. The molecule has 0 aromatic carbocycles. The van der Waals surface area contributed by atoms with Crippen LogP contribution in [0.15, 0.2) is 0 Å². The van der Waals surface area contributed by atoms with E-state index >= 15 is 0 Å². The Morgan fingerprint density at radius 1 is 1.42 bits per heavy atom. The number of rotatable bonds is 8. The lowest BCUT2D eigenvalue weighted by Gasteiger charge is -2.19. The smallest absolute Gasteiger partial charge is 0.0847 e. The largest absolute Gasteiger partial charge is 0.314 e. The Balaban J connectivity index is 2.05. The molecule has 0 radical (unpaired) electrons. The molecule has 0 amide bonds. The van der Waals surface area contributed by atoms with Crippen molar-refractivity contribution in [3.63, 3.8) is 0 Å². The van der Waals surface area contributed by atoms with Crippen molar-refractivity contribution in [3.05, 3.63) is 16.4 Å². The van der Waals surface area contributed by atoms with E-state index in [9.17, 15) is 0 Å². The summed E-state index contributed by atoms with van der Waals surface area (Å²) in [4.78, 5) is 0. The fourth-order valence-corrected chi connectivity index (χ4v) is 2.85. The van der Waals surface area contributed by atoms with Crippen molar-refractivity contribution >= 4 is 11.6 Å². The topological polar surface area (TPSA) is 29.9 Å². The first-order valence-electron chi connectivity index (χ1n) is 7.60. The molecule has 3 nitrogen and oxygen atoms in total. The van der Waals surface area contributed by atoms with Crippen LogP contribution in [-0.2, 0) is 13.0 Å². The highest BCUT2D eigenvalue weighted by Crippen LogP contribution is 2.34. The Bertz CT molecular complexity index is 410. The second kappa shape index (κ2) is 6.76.